The van der Waals surface area contributed by atoms with Gasteiger partial charge in [-0.25, -0.2) is 9.97 Å². The Balaban J connectivity index is 1.87. The molecule has 3 nitrogen and oxygen atoms in total. The van der Waals surface area contributed by atoms with Gasteiger partial charge in [0.05, 0.1) is 5.69 Å². The zero-order valence-corrected chi connectivity index (χ0v) is 13.0. The minimum absolute atomic E-state index is 0.135. The van der Waals surface area contributed by atoms with Crippen molar-refractivity contribution in [2.24, 2.45) is 0 Å². The van der Waals surface area contributed by atoms with Crippen LogP contribution >= 0.6 is 11.6 Å². The second-order valence-electron chi connectivity index (χ2n) is 5.05. The lowest BCUT2D eigenvalue weighted by atomic mass is 10.1. The second kappa shape index (κ2) is 6.58. The van der Waals surface area contributed by atoms with Crippen molar-refractivity contribution in [1.29, 1.82) is 0 Å². The van der Waals surface area contributed by atoms with E-state index in [9.17, 15) is 0 Å². The molecule has 0 spiro atoms. The molecule has 110 valence electrons. The van der Waals surface area contributed by atoms with E-state index in [0.29, 0.717) is 0 Å². The molecule has 0 saturated carbocycles. The van der Waals surface area contributed by atoms with E-state index in [-0.39, 0.29) is 11.3 Å². The van der Waals surface area contributed by atoms with Gasteiger partial charge < -0.3 is 5.32 Å². The summed E-state index contributed by atoms with van der Waals surface area (Å²) >= 11 is 6.07. The van der Waals surface area contributed by atoms with Gasteiger partial charge in [-0.05, 0) is 24.1 Å². The van der Waals surface area contributed by atoms with E-state index >= 15 is 0 Å². The third kappa shape index (κ3) is 3.43. The minimum Gasteiger partial charge on any atom is -0.363 e. The molecule has 1 unspecified atom stereocenters. The fraction of sp³-hybridized carbons (Fsp3) is 0.111. The van der Waals surface area contributed by atoms with Crippen LogP contribution in [0.3, 0.4) is 0 Å². The molecule has 4 heteroatoms. The molecule has 1 N–H and O–H groups in total. The maximum Gasteiger partial charge on any atom is 0.224 e. The van der Waals surface area contributed by atoms with Gasteiger partial charge in [0.15, 0.2) is 0 Å². The van der Waals surface area contributed by atoms with Crippen LogP contribution in [0.25, 0.3) is 11.3 Å². The molecule has 0 fully saturated rings. The zero-order valence-electron chi connectivity index (χ0n) is 12.2. The Morgan fingerprint density at radius 1 is 0.909 bits per heavy atom. The Kier molecular flexibility index (Phi) is 4.35. The number of benzene rings is 2. The molecule has 2 aromatic carbocycles. The van der Waals surface area contributed by atoms with Crippen LogP contribution in [0.15, 0.2) is 66.7 Å². The number of hydrogen-bond acceptors (Lipinski definition) is 3. The molecule has 1 aromatic heterocycles. The number of anilines is 1. The minimum atomic E-state index is 0.135. The Morgan fingerprint density at radius 3 is 2.23 bits per heavy atom. The highest BCUT2D eigenvalue weighted by atomic mass is 35.5. The fourth-order valence-electron chi connectivity index (χ4n) is 2.30. The van der Waals surface area contributed by atoms with Crippen molar-refractivity contribution >= 4 is 17.4 Å². The van der Waals surface area contributed by atoms with E-state index in [1.165, 1.54) is 5.56 Å². The van der Waals surface area contributed by atoms with Gasteiger partial charge in [-0.15, -0.1) is 0 Å². The molecule has 0 radical (unpaired) electrons. The first-order chi connectivity index (χ1) is 10.7. The molecule has 1 heterocycles. The van der Waals surface area contributed by atoms with Gasteiger partial charge in [0.1, 0.15) is 5.82 Å². The lowest BCUT2D eigenvalue weighted by molar-refractivity contribution is 0.872. The summed E-state index contributed by atoms with van der Waals surface area (Å²) in [5.41, 5.74) is 3.02. The summed E-state index contributed by atoms with van der Waals surface area (Å²) in [5, 5.41) is 3.61. The molecule has 3 aromatic rings. The molecule has 0 bridgehead atoms. The van der Waals surface area contributed by atoms with E-state index < -0.39 is 0 Å². The largest absolute Gasteiger partial charge is 0.363 e. The SMILES string of the molecule is CC(Nc1cc(-c2ccccc2)nc(Cl)n1)c1ccccc1. The van der Waals surface area contributed by atoms with Crippen molar-refractivity contribution < 1.29 is 0 Å². The number of aromatic nitrogens is 2. The molecular weight excluding hydrogens is 294 g/mol. The standard InChI is InChI=1S/C18H16ClN3/c1-13(14-8-4-2-5-9-14)20-17-12-16(21-18(19)22-17)15-10-6-3-7-11-15/h2-13H,1H3,(H,20,21,22). The summed E-state index contributed by atoms with van der Waals surface area (Å²) < 4.78 is 0. The maximum absolute atomic E-state index is 6.07. The summed E-state index contributed by atoms with van der Waals surface area (Å²) in [6, 6.07) is 22.2. The lowest BCUT2D eigenvalue weighted by Gasteiger charge is -2.15. The van der Waals surface area contributed by atoms with Crippen molar-refractivity contribution in [2.45, 2.75) is 13.0 Å². The first kappa shape index (κ1) is 14.5. The Morgan fingerprint density at radius 2 is 1.55 bits per heavy atom. The summed E-state index contributed by atoms with van der Waals surface area (Å²) in [4.78, 5) is 8.57. The molecule has 0 aliphatic carbocycles. The molecule has 0 aliphatic heterocycles. The number of halogens is 1. The quantitative estimate of drug-likeness (QED) is 0.691. The van der Waals surface area contributed by atoms with Gasteiger partial charge in [-0.3, -0.25) is 0 Å². The average Bonchev–Trinajstić information content (AvgIpc) is 2.56. The molecule has 22 heavy (non-hydrogen) atoms. The normalized spacial score (nSPS) is 11.9. The van der Waals surface area contributed by atoms with Crippen LogP contribution in [-0.2, 0) is 0 Å². The number of rotatable bonds is 4. The van der Waals surface area contributed by atoms with Crippen LogP contribution in [0.5, 0.6) is 0 Å². The average molecular weight is 310 g/mol. The second-order valence-corrected chi connectivity index (χ2v) is 5.39. The van der Waals surface area contributed by atoms with Gasteiger partial charge in [-0.2, -0.15) is 0 Å². The number of nitrogens with zero attached hydrogens (tertiary/aromatic N) is 2. The Labute approximate surface area is 135 Å². The summed E-state index contributed by atoms with van der Waals surface area (Å²) in [7, 11) is 0. The van der Waals surface area contributed by atoms with Crippen LogP contribution in [0.4, 0.5) is 5.82 Å². The van der Waals surface area contributed by atoms with E-state index in [1.54, 1.807) is 0 Å². The Bertz CT molecular complexity index is 745. The first-order valence-electron chi connectivity index (χ1n) is 7.14. The maximum atomic E-state index is 6.07. The topological polar surface area (TPSA) is 37.8 Å². The van der Waals surface area contributed by atoms with Crippen LogP contribution in [-0.4, -0.2) is 9.97 Å². The lowest BCUT2D eigenvalue weighted by Crippen LogP contribution is -2.08. The van der Waals surface area contributed by atoms with Crippen LogP contribution in [0.1, 0.15) is 18.5 Å². The molecule has 0 saturated heterocycles. The highest BCUT2D eigenvalue weighted by molar-refractivity contribution is 6.28. The molecule has 3 rings (SSSR count). The third-order valence-electron chi connectivity index (χ3n) is 3.43. The van der Waals surface area contributed by atoms with E-state index in [0.717, 1.165) is 17.1 Å². The highest BCUT2D eigenvalue weighted by Crippen LogP contribution is 2.24. The van der Waals surface area contributed by atoms with Gasteiger partial charge in [-0.1, -0.05) is 60.7 Å². The summed E-state index contributed by atoms with van der Waals surface area (Å²) in [6.45, 7) is 2.09. The van der Waals surface area contributed by atoms with E-state index in [4.69, 9.17) is 11.6 Å². The Hall–Kier alpha value is -2.39. The predicted octanol–water partition coefficient (Wildman–Crippen LogP) is 4.97. The third-order valence-corrected chi connectivity index (χ3v) is 3.60. The van der Waals surface area contributed by atoms with Gasteiger partial charge in [0.25, 0.3) is 0 Å². The summed E-state index contributed by atoms with van der Waals surface area (Å²) in [5.74, 6) is 0.718. The number of nitrogens with one attached hydrogen (secondary N) is 1. The highest BCUT2D eigenvalue weighted by Gasteiger charge is 2.09. The fourth-order valence-corrected chi connectivity index (χ4v) is 2.48. The van der Waals surface area contributed by atoms with Crippen LogP contribution in [0.2, 0.25) is 5.28 Å². The predicted molar refractivity (Wildman–Crippen MR) is 91.0 cm³/mol. The van der Waals surface area contributed by atoms with Crippen molar-refractivity contribution in [2.75, 3.05) is 5.32 Å². The van der Waals surface area contributed by atoms with Crippen molar-refractivity contribution in [3.8, 4) is 11.3 Å². The van der Waals surface area contributed by atoms with Crippen LogP contribution < -0.4 is 5.32 Å². The van der Waals surface area contributed by atoms with Crippen molar-refractivity contribution in [3.05, 3.63) is 77.6 Å². The van der Waals surface area contributed by atoms with Gasteiger partial charge in [0, 0.05) is 17.7 Å². The molecule has 0 aliphatic rings. The molecule has 0 amide bonds. The van der Waals surface area contributed by atoms with Gasteiger partial charge in [0.2, 0.25) is 5.28 Å². The summed E-state index contributed by atoms with van der Waals surface area (Å²) in [6.07, 6.45) is 0. The van der Waals surface area contributed by atoms with Crippen molar-refractivity contribution in [3.63, 3.8) is 0 Å². The zero-order chi connectivity index (χ0) is 15.4. The van der Waals surface area contributed by atoms with Crippen molar-refractivity contribution in [1.82, 2.24) is 9.97 Å². The van der Waals surface area contributed by atoms with Gasteiger partial charge >= 0.3 is 0 Å². The van der Waals surface area contributed by atoms with E-state index in [1.807, 2.05) is 54.6 Å². The first-order valence-corrected chi connectivity index (χ1v) is 7.51. The molecule has 1 atom stereocenters. The molecular formula is C18H16ClN3. The van der Waals surface area contributed by atoms with E-state index in [2.05, 4.69) is 34.3 Å². The number of hydrogen-bond donors (Lipinski definition) is 1. The van der Waals surface area contributed by atoms with Crippen LogP contribution in [0, 0.1) is 0 Å². The smallest absolute Gasteiger partial charge is 0.224 e. The monoisotopic (exact) mass is 309 g/mol.